The number of hydrogen-bond donors (Lipinski definition) is 2. The van der Waals surface area contributed by atoms with Crippen LogP contribution in [0.4, 0.5) is 4.79 Å². The molecule has 1 aromatic carbocycles. The molecule has 0 aromatic heterocycles. The summed E-state index contributed by atoms with van der Waals surface area (Å²) >= 11 is 5.68. The Morgan fingerprint density at radius 1 is 1.29 bits per heavy atom. The number of hydrazine groups is 1. The van der Waals surface area contributed by atoms with Crippen molar-refractivity contribution in [3.05, 3.63) is 34.9 Å². The van der Waals surface area contributed by atoms with E-state index in [0.717, 1.165) is 5.01 Å². The van der Waals surface area contributed by atoms with Gasteiger partial charge in [0.25, 0.3) is 5.91 Å². The molecular formula is C10H8ClN3O3. The maximum Gasteiger partial charge on any atom is 0.343 e. The van der Waals surface area contributed by atoms with E-state index in [0.29, 0.717) is 10.6 Å². The number of nitrogens with one attached hydrogen (secondary N) is 2. The molecule has 1 aromatic rings. The molecule has 2 rings (SSSR count). The maximum atomic E-state index is 11.7. The molecule has 6 nitrogen and oxygen atoms in total. The molecule has 0 unspecified atom stereocenters. The Labute approximate surface area is 102 Å². The Morgan fingerprint density at radius 2 is 1.94 bits per heavy atom. The lowest BCUT2D eigenvalue weighted by molar-refractivity contribution is -0.118. The van der Waals surface area contributed by atoms with Gasteiger partial charge in [-0.1, -0.05) is 11.6 Å². The molecule has 88 valence electrons. The minimum absolute atomic E-state index is 0.182. The summed E-state index contributed by atoms with van der Waals surface area (Å²) in [5.41, 5.74) is 2.66. The first kappa shape index (κ1) is 11.4. The van der Waals surface area contributed by atoms with Gasteiger partial charge < -0.3 is 0 Å². The van der Waals surface area contributed by atoms with Crippen LogP contribution >= 0.6 is 11.6 Å². The monoisotopic (exact) mass is 253 g/mol. The Bertz CT molecular complexity index is 486. The van der Waals surface area contributed by atoms with E-state index in [-0.39, 0.29) is 6.54 Å². The van der Waals surface area contributed by atoms with E-state index in [2.05, 4.69) is 5.43 Å². The lowest BCUT2D eigenvalue weighted by atomic mass is 10.2. The standard InChI is InChI=1S/C10H8ClN3O3/c11-7-3-1-6(2-4-7)9(16)13-14-5-8(15)12-10(14)17/h1-4H,5H2,(H,13,16)(H,12,15,17). The average molecular weight is 254 g/mol. The second kappa shape index (κ2) is 4.42. The summed E-state index contributed by atoms with van der Waals surface area (Å²) in [6.45, 7) is -0.182. The molecule has 1 aliphatic rings. The summed E-state index contributed by atoms with van der Waals surface area (Å²) < 4.78 is 0. The number of nitrogens with zero attached hydrogens (tertiary/aromatic N) is 1. The topological polar surface area (TPSA) is 78.5 Å². The van der Waals surface area contributed by atoms with Crippen molar-refractivity contribution in [1.82, 2.24) is 15.8 Å². The third-order valence-electron chi connectivity index (χ3n) is 2.14. The molecule has 0 spiro atoms. The van der Waals surface area contributed by atoms with E-state index >= 15 is 0 Å². The van der Waals surface area contributed by atoms with Gasteiger partial charge in [0.05, 0.1) is 0 Å². The molecule has 1 saturated heterocycles. The quantitative estimate of drug-likeness (QED) is 0.755. The Hall–Kier alpha value is -2.08. The fraction of sp³-hybridized carbons (Fsp3) is 0.100. The number of halogens is 1. The van der Waals surface area contributed by atoms with Crippen LogP contribution in [0.25, 0.3) is 0 Å². The zero-order valence-corrected chi connectivity index (χ0v) is 9.32. The highest BCUT2D eigenvalue weighted by Gasteiger charge is 2.28. The largest absolute Gasteiger partial charge is 0.343 e. The number of benzene rings is 1. The first-order valence-corrected chi connectivity index (χ1v) is 5.12. The highest BCUT2D eigenvalue weighted by molar-refractivity contribution is 6.30. The van der Waals surface area contributed by atoms with Crippen molar-refractivity contribution in [1.29, 1.82) is 0 Å². The number of urea groups is 1. The van der Waals surface area contributed by atoms with Crippen LogP contribution in [0.1, 0.15) is 10.4 Å². The zero-order valence-electron chi connectivity index (χ0n) is 8.57. The van der Waals surface area contributed by atoms with Crippen molar-refractivity contribution in [2.24, 2.45) is 0 Å². The predicted octanol–water partition coefficient (Wildman–Crippen LogP) is 0.537. The first-order valence-electron chi connectivity index (χ1n) is 4.74. The van der Waals surface area contributed by atoms with Gasteiger partial charge in [0.1, 0.15) is 6.54 Å². The maximum absolute atomic E-state index is 11.7. The lowest BCUT2D eigenvalue weighted by Gasteiger charge is -2.14. The van der Waals surface area contributed by atoms with E-state index in [1.807, 2.05) is 5.32 Å². The second-order valence-corrected chi connectivity index (χ2v) is 3.82. The van der Waals surface area contributed by atoms with Crippen molar-refractivity contribution >= 4 is 29.4 Å². The van der Waals surface area contributed by atoms with Crippen LogP contribution in [0, 0.1) is 0 Å². The minimum atomic E-state index is -0.641. The molecule has 7 heteroatoms. The van der Waals surface area contributed by atoms with E-state index in [1.54, 1.807) is 12.1 Å². The highest BCUT2D eigenvalue weighted by Crippen LogP contribution is 2.09. The Balaban J connectivity index is 2.04. The molecule has 2 N–H and O–H groups in total. The molecular weight excluding hydrogens is 246 g/mol. The average Bonchev–Trinajstić information content (AvgIpc) is 2.58. The van der Waals surface area contributed by atoms with Crippen molar-refractivity contribution in [2.45, 2.75) is 0 Å². The minimum Gasteiger partial charge on any atom is -0.275 e. The molecule has 0 radical (unpaired) electrons. The third-order valence-corrected chi connectivity index (χ3v) is 2.39. The number of carbonyl (C=O) groups is 3. The van der Waals surface area contributed by atoms with Gasteiger partial charge in [0, 0.05) is 10.6 Å². The van der Waals surface area contributed by atoms with Crippen LogP contribution < -0.4 is 10.7 Å². The van der Waals surface area contributed by atoms with Crippen molar-refractivity contribution in [3.8, 4) is 0 Å². The SMILES string of the molecule is O=C1CN(NC(=O)c2ccc(Cl)cc2)C(=O)N1. The summed E-state index contributed by atoms with van der Waals surface area (Å²) in [4.78, 5) is 33.7. The second-order valence-electron chi connectivity index (χ2n) is 3.39. The van der Waals surface area contributed by atoms with Gasteiger partial charge in [-0.25, -0.2) is 9.80 Å². The molecule has 0 bridgehead atoms. The number of carbonyl (C=O) groups excluding carboxylic acids is 3. The Kier molecular flexibility index (Phi) is 2.97. The molecule has 0 aliphatic carbocycles. The van der Waals surface area contributed by atoms with Crippen LogP contribution in [-0.2, 0) is 4.79 Å². The Morgan fingerprint density at radius 3 is 2.47 bits per heavy atom. The number of rotatable bonds is 2. The van der Waals surface area contributed by atoms with Crippen LogP contribution in [-0.4, -0.2) is 29.4 Å². The predicted molar refractivity (Wildman–Crippen MR) is 59.2 cm³/mol. The van der Waals surface area contributed by atoms with Crippen LogP contribution in [0.15, 0.2) is 24.3 Å². The van der Waals surface area contributed by atoms with Crippen LogP contribution in [0.5, 0.6) is 0 Å². The highest BCUT2D eigenvalue weighted by atomic mass is 35.5. The van der Waals surface area contributed by atoms with Gasteiger partial charge >= 0.3 is 6.03 Å². The molecule has 1 heterocycles. The van der Waals surface area contributed by atoms with E-state index < -0.39 is 17.8 Å². The number of hydrogen-bond acceptors (Lipinski definition) is 3. The smallest absolute Gasteiger partial charge is 0.275 e. The summed E-state index contributed by atoms with van der Waals surface area (Å²) in [5.74, 6) is -0.932. The van der Waals surface area contributed by atoms with Gasteiger partial charge in [-0.05, 0) is 24.3 Å². The molecule has 17 heavy (non-hydrogen) atoms. The zero-order chi connectivity index (χ0) is 12.4. The van der Waals surface area contributed by atoms with Crippen molar-refractivity contribution < 1.29 is 14.4 Å². The number of imide groups is 1. The van der Waals surface area contributed by atoms with Crippen LogP contribution in [0.3, 0.4) is 0 Å². The van der Waals surface area contributed by atoms with E-state index in [9.17, 15) is 14.4 Å². The fourth-order valence-corrected chi connectivity index (χ4v) is 1.45. The summed E-state index contributed by atoms with van der Waals surface area (Å²) in [7, 11) is 0. The molecule has 0 atom stereocenters. The van der Waals surface area contributed by atoms with Crippen LogP contribution in [0.2, 0.25) is 5.02 Å². The third kappa shape index (κ3) is 2.54. The molecule has 0 saturated carbocycles. The molecule has 1 fully saturated rings. The van der Waals surface area contributed by atoms with Crippen molar-refractivity contribution in [3.63, 3.8) is 0 Å². The molecule has 4 amide bonds. The van der Waals surface area contributed by atoms with E-state index in [1.165, 1.54) is 12.1 Å². The molecule has 1 aliphatic heterocycles. The van der Waals surface area contributed by atoms with Gasteiger partial charge in [-0.15, -0.1) is 0 Å². The first-order chi connectivity index (χ1) is 8.06. The van der Waals surface area contributed by atoms with E-state index in [4.69, 9.17) is 11.6 Å². The lowest BCUT2D eigenvalue weighted by Crippen LogP contribution is -2.44. The van der Waals surface area contributed by atoms with Gasteiger partial charge in [0.15, 0.2) is 0 Å². The van der Waals surface area contributed by atoms with Gasteiger partial charge in [-0.3, -0.25) is 20.3 Å². The summed E-state index contributed by atoms with van der Waals surface area (Å²) in [6, 6.07) is 5.52. The summed E-state index contributed by atoms with van der Waals surface area (Å²) in [6.07, 6.45) is 0. The fourth-order valence-electron chi connectivity index (χ4n) is 1.32. The van der Waals surface area contributed by atoms with Gasteiger partial charge in [0.2, 0.25) is 5.91 Å². The van der Waals surface area contributed by atoms with Gasteiger partial charge in [-0.2, -0.15) is 0 Å². The van der Waals surface area contributed by atoms with Crippen molar-refractivity contribution in [2.75, 3.05) is 6.54 Å². The number of amides is 4. The normalized spacial score (nSPS) is 14.8. The summed E-state index contributed by atoms with van der Waals surface area (Å²) in [5, 5.41) is 3.47.